The highest BCUT2D eigenvalue weighted by Gasteiger charge is 2.30. The van der Waals surface area contributed by atoms with E-state index in [4.69, 9.17) is 14.4 Å². The number of hydrogen-bond acceptors (Lipinski definition) is 6. The van der Waals surface area contributed by atoms with Crippen LogP contribution in [0.2, 0.25) is 0 Å². The molecule has 2 N–H and O–H groups in total. The van der Waals surface area contributed by atoms with Crippen LogP contribution in [0.1, 0.15) is 38.0 Å². The summed E-state index contributed by atoms with van der Waals surface area (Å²) in [6, 6.07) is 7.32. The summed E-state index contributed by atoms with van der Waals surface area (Å²) in [6.07, 6.45) is 3.29. The number of aromatic nitrogens is 2. The molecule has 1 aromatic carbocycles. The highest BCUT2D eigenvalue weighted by atomic mass is 16.5. The van der Waals surface area contributed by atoms with Gasteiger partial charge in [0, 0.05) is 24.4 Å². The largest absolute Gasteiger partial charge is 0.497 e. The number of aryl methyl sites for hydroxylation is 1. The zero-order valence-corrected chi connectivity index (χ0v) is 15.2. The number of carbonyl (C=O) groups excluding carboxylic acids is 1. The van der Waals surface area contributed by atoms with E-state index in [1.54, 1.807) is 7.11 Å². The second-order valence-electron chi connectivity index (χ2n) is 6.71. The first-order chi connectivity index (χ1) is 13.0. The number of nitrogens with one attached hydrogen (secondary N) is 1. The molecule has 0 bridgehead atoms. The van der Waals surface area contributed by atoms with E-state index in [-0.39, 0.29) is 17.9 Å². The topological polar surface area (TPSA) is 115 Å². The molecule has 144 valence electrons. The van der Waals surface area contributed by atoms with Crippen LogP contribution in [-0.4, -0.2) is 40.3 Å². The number of carbonyl (C=O) groups is 2. The van der Waals surface area contributed by atoms with Crippen LogP contribution < -0.4 is 10.1 Å². The molecule has 8 heteroatoms. The molecule has 3 rings (SSSR count). The molecule has 0 aliphatic heterocycles. The molecule has 0 radical (unpaired) electrons. The van der Waals surface area contributed by atoms with E-state index in [0.29, 0.717) is 43.8 Å². The van der Waals surface area contributed by atoms with Crippen molar-refractivity contribution < 1.29 is 24.0 Å². The fourth-order valence-corrected chi connectivity index (χ4v) is 3.25. The van der Waals surface area contributed by atoms with E-state index < -0.39 is 5.97 Å². The predicted octanol–water partition coefficient (Wildman–Crippen LogP) is 2.44. The van der Waals surface area contributed by atoms with E-state index in [9.17, 15) is 9.59 Å². The van der Waals surface area contributed by atoms with Crippen molar-refractivity contribution in [3.63, 3.8) is 0 Å². The molecule has 0 saturated heterocycles. The van der Waals surface area contributed by atoms with Crippen LogP contribution in [0.25, 0.3) is 11.4 Å². The van der Waals surface area contributed by atoms with Crippen LogP contribution in [0, 0.1) is 5.92 Å². The van der Waals surface area contributed by atoms with Gasteiger partial charge in [-0.15, -0.1) is 0 Å². The van der Waals surface area contributed by atoms with Gasteiger partial charge in [-0.1, -0.05) is 5.16 Å². The van der Waals surface area contributed by atoms with Gasteiger partial charge in [-0.05, 0) is 49.9 Å². The fourth-order valence-electron chi connectivity index (χ4n) is 3.25. The highest BCUT2D eigenvalue weighted by molar-refractivity contribution is 5.76. The Morgan fingerprint density at radius 3 is 2.74 bits per heavy atom. The van der Waals surface area contributed by atoms with Gasteiger partial charge < -0.3 is 19.7 Å². The van der Waals surface area contributed by atoms with Gasteiger partial charge >= 0.3 is 5.97 Å². The number of ether oxygens (including phenoxy) is 1. The molecule has 1 aliphatic carbocycles. The lowest BCUT2D eigenvalue weighted by Gasteiger charge is -2.11. The summed E-state index contributed by atoms with van der Waals surface area (Å²) in [7, 11) is 1.61. The van der Waals surface area contributed by atoms with Crippen LogP contribution >= 0.6 is 0 Å². The monoisotopic (exact) mass is 373 g/mol. The molecule has 2 atom stereocenters. The fraction of sp³-hybridized carbons (Fsp3) is 0.474. The molecule has 1 aromatic heterocycles. The molecule has 8 nitrogen and oxygen atoms in total. The van der Waals surface area contributed by atoms with Gasteiger partial charge in [0.15, 0.2) is 0 Å². The van der Waals surface area contributed by atoms with Gasteiger partial charge in [0.05, 0.1) is 13.0 Å². The molecule has 0 spiro atoms. The summed E-state index contributed by atoms with van der Waals surface area (Å²) in [5.41, 5.74) is 0.831. The Morgan fingerprint density at radius 1 is 1.30 bits per heavy atom. The van der Waals surface area contributed by atoms with Crippen molar-refractivity contribution >= 4 is 11.9 Å². The van der Waals surface area contributed by atoms with Crippen molar-refractivity contribution in [1.82, 2.24) is 15.5 Å². The summed E-state index contributed by atoms with van der Waals surface area (Å²) in [4.78, 5) is 27.3. The number of carboxylic acid groups (broad SMARTS) is 1. The lowest BCUT2D eigenvalue weighted by Crippen LogP contribution is -2.33. The molecular weight excluding hydrogens is 350 g/mol. The Labute approximate surface area is 156 Å². The number of amides is 1. The normalized spacial score (nSPS) is 19.0. The molecule has 1 heterocycles. The van der Waals surface area contributed by atoms with Crippen LogP contribution in [0.3, 0.4) is 0 Å². The SMILES string of the molecule is COc1ccc(-c2noc(CCCC(=O)N[C@H]3CC[C@@H](C(=O)O)C3)n2)cc1. The van der Waals surface area contributed by atoms with Crippen LogP contribution in [0.15, 0.2) is 28.8 Å². The Bertz CT molecular complexity index is 787. The number of carboxylic acids is 1. The van der Waals surface area contributed by atoms with Gasteiger partial charge in [0.25, 0.3) is 0 Å². The Morgan fingerprint density at radius 2 is 2.07 bits per heavy atom. The molecule has 0 unspecified atom stereocenters. The number of benzene rings is 1. The Hall–Kier alpha value is -2.90. The maximum absolute atomic E-state index is 12.0. The van der Waals surface area contributed by atoms with Gasteiger partial charge in [0.1, 0.15) is 5.75 Å². The van der Waals surface area contributed by atoms with Crippen molar-refractivity contribution in [2.45, 2.75) is 44.6 Å². The van der Waals surface area contributed by atoms with Crippen molar-refractivity contribution in [2.24, 2.45) is 5.92 Å². The van der Waals surface area contributed by atoms with Crippen molar-refractivity contribution in [3.8, 4) is 17.1 Å². The third-order valence-corrected chi connectivity index (χ3v) is 4.76. The van der Waals surface area contributed by atoms with E-state index in [1.807, 2.05) is 24.3 Å². The second-order valence-corrected chi connectivity index (χ2v) is 6.71. The minimum atomic E-state index is -0.782. The smallest absolute Gasteiger partial charge is 0.306 e. The molecular formula is C19H23N3O5. The van der Waals surface area contributed by atoms with E-state index in [1.165, 1.54) is 0 Å². The number of aliphatic carboxylic acids is 1. The first-order valence-electron chi connectivity index (χ1n) is 9.04. The minimum Gasteiger partial charge on any atom is -0.497 e. The molecule has 1 aliphatic rings. The number of nitrogens with zero attached hydrogens (tertiary/aromatic N) is 2. The van der Waals surface area contributed by atoms with E-state index in [2.05, 4.69) is 15.5 Å². The quantitative estimate of drug-likeness (QED) is 0.730. The number of hydrogen-bond donors (Lipinski definition) is 2. The summed E-state index contributed by atoms with van der Waals surface area (Å²) >= 11 is 0. The Kier molecular flexibility index (Phi) is 6.05. The van der Waals surface area contributed by atoms with Crippen molar-refractivity contribution in [2.75, 3.05) is 7.11 Å². The van der Waals surface area contributed by atoms with Gasteiger partial charge in [0.2, 0.25) is 17.6 Å². The predicted molar refractivity (Wildman–Crippen MR) is 96.1 cm³/mol. The van der Waals surface area contributed by atoms with E-state index in [0.717, 1.165) is 17.7 Å². The van der Waals surface area contributed by atoms with Gasteiger partial charge in [-0.25, -0.2) is 0 Å². The first kappa shape index (κ1) is 18.9. The summed E-state index contributed by atoms with van der Waals surface area (Å²) in [5, 5.41) is 15.9. The summed E-state index contributed by atoms with van der Waals surface area (Å²) in [6.45, 7) is 0. The minimum absolute atomic E-state index is 0.0383. The first-order valence-corrected chi connectivity index (χ1v) is 9.04. The maximum atomic E-state index is 12.0. The average molecular weight is 373 g/mol. The zero-order chi connectivity index (χ0) is 19.2. The van der Waals surface area contributed by atoms with Crippen LogP contribution in [-0.2, 0) is 16.0 Å². The Balaban J connectivity index is 1.42. The standard InChI is InChI=1S/C19H23N3O5/c1-26-15-9-6-12(7-10-15)18-21-17(27-22-18)4-2-3-16(23)20-14-8-5-13(11-14)19(24)25/h6-7,9-10,13-14H,2-5,8,11H2,1H3,(H,20,23)(H,24,25)/t13-,14+/m1/s1. The molecule has 27 heavy (non-hydrogen) atoms. The summed E-state index contributed by atoms with van der Waals surface area (Å²) < 4.78 is 10.4. The second kappa shape index (κ2) is 8.66. The number of methoxy groups -OCH3 is 1. The number of rotatable bonds is 8. The summed E-state index contributed by atoms with van der Waals surface area (Å²) in [5.74, 6) is 0.551. The van der Waals surface area contributed by atoms with Crippen molar-refractivity contribution in [1.29, 1.82) is 0 Å². The third kappa shape index (κ3) is 5.06. The third-order valence-electron chi connectivity index (χ3n) is 4.76. The lowest BCUT2D eigenvalue weighted by atomic mass is 10.1. The van der Waals surface area contributed by atoms with E-state index >= 15 is 0 Å². The lowest BCUT2D eigenvalue weighted by molar-refractivity contribution is -0.141. The molecule has 1 amide bonds. The molecule has 1 fully saturated rings. The van der Waals surface area contributed by atoms with Crippen molar-refractivity contribution in [3.05, 3.63) is 30.2 Å². The van der Waals surface area contributed by atoms with Gasteiger partial charge in [-0.2, -0.15) is 4.98 Å². The van der Waals surface area contributed by atoms with Crippen LogP contribution in [0.4, 0.5) is 0 Å². The maximum Gasteiger partial charge on any atom is 0.306 e. The van der Waals surface area contributed by atoms with Gasteiger partial charge in [-0.3, -0.25) is 9.59 Å². The molecule has 2 aromatic rings. The molecule has 1 saturated carbocycles. The average Bonchev–Trinajstić information content (AvgIpc) is 3.31. The van der Waals surface area contributed by atoms with Crippen LogP contribution in [0.5, 0.6) is 5.75 Å². The highest BCUT2D eigenvalue weighted by Crippen LogP contribution is 2.25. The zero-order valence-electron chi connectivity index (χ0n) is 15.2.